The highest BCUT2D eigenvalue weighted by Gasteiger charge is 2.16. The average Bonchev–Trinajstić information content (AvgIpc) is 3.00. The molecule has 0 spiro atoms. The van der Waals surface area contributed by atoms with Gasteiger partial charge in [-0.3, -0.25) is 4.68 Å². The van der Waals surface area contributed by atoms with Gasteiger partial charge in [0.05, 0.1) is 18.8 Å². The van der Waals surface area contributed by atoms with Crippen LogP contribution in [0.25, 0.3) is 0 Å². The van der Waals surface area contributed by atoms with E-state index >= 15 is 0 Å². The first kappa shape index (κ1) is 22.7. The highest BCUT2D eigenvalue weighted by Crippen LogP contribution is 2.16. The van der Waals surface area contributed by atoms with E-state index in [1.165, 1.54) is 5.56 Å². The van der Waals surface area contributed by atoms with Crippen molar-refractivity contribution in [3.8, 4) is 0 Å². The first-order chi connectivity index (χ1) is 12.0. The van der Waals surface area contributed by atoms with Crippen LogP contribution >= 0.6 is 35.6 Å². The largest absolute Gasteiger partial charge is 0.357 e. The van der Waals surface area contributed by atoms with Gasteiger partial charge in [-0.05, 0) is 38.7 Å². The van der Waals surface area contributed by atoms with Crippen molar-refractivity contribution in [2.24, 2.45) is 12.0 Å². The minimum Gasteiger partial charge on any atom is -0.357 e. The second kappa shape index (κ2) is 11.4. The van der Waals surface area contributed by atoms with Crippen LogP contribution in [0.5, 0.6) is 0 Å². The molecular formula is C18H28ClIN6. The Labute approximate surface area is 178 Å². The van der Waals surface area contributed by atoms with Crippen LogP contribution in [0.4, 0.5) is 0 Å². The Bertz CT molecular complexity index is 683. The molecule has 1 aromatic carbocycles. The number of halogens is 2. The van der Waals surface area contributed by atoms with Gasteiger partial charge >= 0.3 is 0 Å². The summed E-state index contributed by atoms with van der Waals surface area (Å²) in [7, 11) is 6.07. The van der Waals surface area contributed by atoms with Crippen molar-refractivity contribution in [3.05, 3.63) is 52.8 Å². The van der Waals surface area contributed by atoms with Gasteiger partial charge in [-0.2, -0.15) is 5.10 Å². The van der Waals surface area contributed by atoms with E-state index in [4.69, 9.17) is 11.6 Å². The molecule has 0 radical (unpaired) electrons. The Morgan fingerprint density at radius 2 is 1.96 bits per heavy atom. The molecule has 0 saturated carbocycles. The lowest BCUT2D eigenvalue weighted by molar-refractivity contribution is 0.298. The molecule has 0 aliphatic carbocycles. The number of aliphatic imine (C=N–C) groups is 1. The molecule has 144 valence electrons. The van der Waals surface area contributed by atoms with Crippen LogP contribution in [-0.4, -0.2) is 47.8 Å². The summed E-state index contributed by atoms with van der Waals surface area (Å²) in [6, 6.07) is 7.98. The van der Waals surface area contributed by atoms with Gasteiger partial charge in [0, 0.05) is 36.9 Å². The topological polar surface area (TPSA) is 57.5 Å². The fourth-order valence-corrected chi connectivity index (χ4v) is 2.63. The number of nitrogens with zero attached hydrogens (tertiary/aromatic N) is 4. The maximum absolute atomic E-state index is 5.93. The Balaban J connectivity index is 0.00000338. The number of hydrogen-bond donors (Lipinski definition) is 2. The fraction of sp³-hybridized carbons (Fsp3) is 0.444. The maximum atomic E-state index is 5.93. The molecule has 0 aliphatic rings. The predicted octanol–water partition coefficient (Wildman–Crippen LogP) is 3.05. The van der Waals surface area contributed by atoms with E-state index in [0.717, 1.165) is 29.6 Å². The van der Waals surface area contributed by atoms with Gasteiger partial charge < -0.3 is 15.5 Å². The zero-order valence-electron chi connectivity index (χ0n) is 15.7. The zero-order chi connectivity index (χ0) is 18.2. The Hall–Kier alpha value is -1.32. The zero-order valence-corrected chi connectivity index (χ0v) is 18.8. The molecule has 8 heteroatoms. The third kappa shape index (κ3) is 7.13. The van der Waals surface area contributed by atoms with Crippen molar-refractivity contribution in [2.75, 3.05) is 27.2 Å². The van der Waals surface area contributed by atoms with Crippen LogP contribution in [0.3, 0.4) is 0 Å². The molecule has 6 nitrogen and oxygen atoms in total. The first-order valence-corrected chi connectivity index (χ1v) is 8.79. The summed E-state index contributed by atoms with van der Waals surface area (Å²) >= 11 is 5.93. The van der Waals surface area contributed by atoms with E-state index in [1.54, 1.807) is 0 Å². The summed E-state index contributed by atoms with van der Waals surface area (Å²) in [5, 5.41) is 11.7. The van der Waals surface area contributed by atoms with Crippen LogP contribution in [0.2, 0.25) is 5.02 Å². The number of aryl methyl sites for hydroxylation is 1. The van der Waals surface area contributed by atoms with Gasteiger partial charge in [0.2, 0.25) is 0 Å². The molecule has 1 aromatic heterocycles. The number of nitrogens with one attached hydrogen (secondary N) is 2. The normalized spacial score (nSPS) is 12.6. The lowest BCUT2D eigenvalue weighted by atomic mass is 10.1. The van der Waals surface area contributed by atoms with Crippen LogP contribution in [0.15, 0.2) is 41.7 Å². The number of aromatic nitrogens is 2. The van der Waals surface area contributed by atoms with E-state index in [0.29, 0.717) is 6.54 Å². The second-order valence-corrected chi connectivity index (χ2v) is 6.57. The number of likely N-dealkylation sites (N-methyl/N-ethyl adjacent to an activating group) is 1. The highest BCUT2D eigenvalue weighted by atomic mass is 127. The van der Waals surface area contributed by atoms with Crippen molar-refractivity contribution < 1.29 is 0 Å². The minimum atomic E-state index is 0. The van der Waals surface area contributed by atoms with E-state index in [9.17, 15) is 0 Å². The summed E-state index contributed by atoms with van der Waals surface area (Å²) < 4.78 is 1.83. The smallest absolute Gasteiger partial charge is 0.191 e. The van der Waals surface area contributed by atoms with Gasteiger partial charge in [0.25, 0.3) is 0 Å². The average molecular weight is 491 g/mol. The third-order valence-electron chi connectivity index (χ3n) is 3.87. The summed E-state index contributed by atoms with van der Waals surface area (Å²) in [5.74, 6) is 0.799. The molecule has 0 fully saturated rings. The van der Waals surface area contributed by atoms with Crippen molar-refractivity contribution >= 4 is 41.5 Å². The Morgan fingerprint density at radius 1 is 1.27 bits per heavy atom. The van der Waals surface area contributed by atoms with Gasteiger partial charge in [-0.1, -0.05) is 23.7 Å². The first-order valence-electron chi connectivity index (χ1n) is 8.41. The Kier molecular flexibility index (Phi) is 9.97. The Morgan fingerprint density at radius 3 is 2.50 bits per heavy atom. The lowest BCUT2D eigenvalue weighted by Gasteiger charge is -2.24. The molecule has 2 rings (SSSR count). The molecule has 0 saturated heterocycles. The molecule has 0 amide bonds. The molecule has 26 heavy (non-hydrogen) atoms. The van der Waals surface area contributed by atoms with Gasteiger partial charge in [-0.25, -0.2) is 4.99 Å². The van der Waals surface area contributed by atoms with Crippen molar-refractivity contribution in [2.45, 2.75) is 19.5 Å². The molecule has 2 aromatic rings. The standard InChI is InChI=1S/C18H27ClN6.HI/c1-5-20-18(21-10-14-6-8-16(19)9-7-14)22-12-17(24(2)3)15-11-23-25(4)13-15;/h6-9,11,13,17H,5,10,12H2,1-4H3,(H2,20,21,22);1H. The monoisotopic (exact) mass is 490 g/mol. The van der Waals surface area contributed by atoms with Crippen molar-refractivity contribution in [1.82, 2.24) is 25.3 Å². The molecule has 1 unspecified atom stereocenters. The van der Waals surface area contributed by atoms with E-state index in [2.05, 4.69) is 46.6 Å². The summed E-state index contributed by atoms with van der Waals surface area (Å²) in [6.45, 7) is 4.22. The molecular weight excluding hydrogens is 463 g/mol. The fourth-order valence-electron chi connectivity index (χ4n) is 2.51. The summed E-state index contributed by atoms with van der Waals surface area (Å²) in [4.78, 5) is 6.83. The van der Waals surface area contributed by atoms with E-state index in [-0.39, 0.29) is 30.0 Å². The van der Waals surface area contributed by atoms with E-state index in [1.807, 2.05) is 48.4 Å². The van der Waals surface area contributed by atoms with Gasteiger partial charge in [0.1, 0.15) is 0 Å². The molecule has 1 heterocycles. The summed E-state index contributed by atoms with van der Waals surface area (Å²) in [6.07, 6.45) is 3.95. The number of guanidine groups is 1. The molecule has 2 N–H and O–H groups in total. The maximum Gasteiger partial charge on any atom is 0.191 e. The number of rotatable bonds is 7. The molecule has 0 aliphatic heterocycles. The van der Waals surface area contributed by atoms with Gasteiger partial charge in [0.15, 0.2) is 5.96 Å². The van der Waals surface area contributed by atoms with Crippen LogP contribution in [0, 0.1) is 0 Å². The lowest BCUT2D eigenvalue weighted by Crippen LogP contribution is -2.41. The van der Waals surface area contributed by atoms with Crippen molar-refractivity contribution in [1.29, 1.82) is 0 Å². The number of benzene rings is 1. The summed E-state index contributed by atoms with van der Waals surface area (Å²) in [5.41, 5.74) is 2.30. The van der Waals surface area contributed by atoms with Crippen LogP contribution in [-0.2, 0) is 13.6 Å². The van der Waals surface area contributed by atoms with Gasteiger partial charge in [-0.15, -0.1) is 24.0 Å². The second-order valence-electron chi connectivity index (χ2n) is 6.13. The highest BCUT2D eigenvalue weighted by molar-refractivity contribution is 14.0. The van der Waals surface area contributed by atoms with E-state index < -0.39 is 0 Å². The number of hydrogen-bond acceptors (Lipinski definition) is 3. The molecule has 1 atom stereocenters. The SMILES string of the molecule is CCNC(=NCc1ccc(Cl)cc1)NCC(c1cnn(C)c1)N(C)C.I. The van der Waals surface area contributed by atoms with Crippen LogP contribution in [0.1, 0.15) is 24.1 Å². The third-order valence-corrected chi connectivity index (χ3v) is 4.13. The quantitative estimate of drug-likeness (QED) is 0.356. The minimum absolute atomic E-state index is 0. The predicted molar refractivity (Wildman–Crippen MR) is 119 cm³/mol. The molecule has 0 bridgehead atoms. The van der Waals surface area contributed by atoms with Crippen molar-refractivity contribution in [3.63, 3.8) is 0 Å². The van der Waals surface area contributed by atoms with Crippen LogP contribution < -0.4 is 10.6 Å².